The van der Waals surface area contributed by atoms with Gasteiger partial charge in [0, 0.05) is 0 Å². The van der Waals surface area contributed by atoms with Gasteiger partial charge in [0.2, 0.25) is 5.96 Å². The maximum Gasteiger partial charge on any atom is 0.404 e. The lowest BCUT2D eigenvalue weighted by molar-refractivity contribution is -0.0958. The fourth-order valence-electron chi connectivity index (χ4n) is 4.20. The van der Waals surface area contributed by atoms with Crippen molar-refractivity contribution >= 4 is 18.0 Å². The first-order chi connectivity index (χ1) is 12.5. The van der Waals surface area contributed by atoms with E-state index in [9.17, 15) is 15.0 Å². The Hall–Kier alpha value is -2.31. The van der Waals surface area contributed by atoms with Crippen molar-refractivity contribution < 1.29 is 25.0 Å². The molecule has 0 aliphatic carbocycles. The Balaban J connectivity index is 2.61. The Morgan fingerprint density at radius 1 is 1.44 bits per heavy atom. The Bertz CT molecular complexity index is 640. The van der Waals surface area contributed by atoms with Crippen LogP contribution in [0.25, 0.3) is 0 Å². The van der Waals surface area contributed by atoms with Gasteiger partial charge in [-0.1, -0.05) is 13.3 Å². The summed E-state index contributed by atoms with van der Waals surface area (Å²) < 4.78 is 4.86. The minimum atomic E-state index is -1.66. The molecule has 6 atom stereocenters. The summed E-state index contributed by atoms with van der Waals surface area (Å²) in [5, 5.41) is 31.1. The molecule has 10 N–H and O–H groups in total. The summed E-state index contributed by atoms with van der Waals surface area (Å²) in [6.07, 6.45) is -0.863. The zero-order valence-electron chi connectivity index (χ0n) is 15.7. The van der Waals surface area contributed by atoms with E-state index in [2.05, 4.69) is 9.98 Å². The van der Waals surface area contributed by atoms with Gasteiger partial charge in [0.1, 0.15) is 30.4 Å². The fraction of sp³-hybridized carbons (Fsp3) is 0.800. The van der Waals surface area contributed by atoms with Gasteiger partial charge in [-0.05, 0) is 20.3 Å². The second kappa shape index (κ2) is 7.37. The minimum Gasteiger partial charge on any atom is -0.447 e. The molecule has 0 radical (unpaired) electrons. The first-order valence-electron chi connectivity index (χ1n) is 8.71. The number of carbonyl (C=O) groups excluding carboxylic acids is 1. The maximum atomic E-state index is 11.3. The topological polar surface area (TPSA) is 205 Å². The van der Waals surface area contributed by atoms with Crippen LogP contribution < -0.4 is 22.7 Å². The minimum absolute atomic E-state index is 0.0767. The predicted molar refractivity (Wildman–Crippen MR) is 96.8 cm³/mol. The molecule has 12 heteroatoms. The first-order valence-corrected chi connectivity index (χ1v) is 8.71. The molecule has 0 bridgehead atoms. The summed E-state index contributed by atoms with van der Waals surface area (Å²) >= 11 is 0. The standard InChI is InChI=1S/C15H29N7O5/c1-4-5-8-10(23)15(3,25)14(2)9(20-11(16)21-26)7(6-27-13(18)24)19-12(17)22(8)14/h7-10,23,25-26H,4-6H2,1-3H3,(H2,17,19)(H2,18,24)(H3,16,20,21)/t7-,8?,9-,10-,14-,15-/m0/s1. The molecule has 0 aromatic carbocycles. The molecule has 2 rings (SSSR count). The maximum absolute atomic E-state index is 11.3. The van der Waals surface area contributed by atoms with Gasteiger partial charge in [0.05, 0.1) is 11.6 Å². The van der Waals surface area contributed by atoms with E-state index in [1.807, 2.05) is 6.92 Å². The molecule has 2 aliphatic heterocycles. The Kier molecular flexibility index (Phi) is 5.73. The van der Waals surface area contributed by atoms with E-state index >= 15 is 0 Å². The summed E-state index contributed by atoms with van der Waals surface area (Å²) in [5.41, 5.74) is 15.6. The number of aliphatic hydroxyl groups excluding tert-OH is 1. The van der Waals surface area contributed by atoms with E-state index in [-0.39, 0.29) is 18.5 Å². The molecule has 2 aliphatic rings. The van der Waals surface area contributed by atoms with E-state index in [4.69, 9.17) is 27.1 Å². The molecule has 12 nitrogen and oxygen atoms in total. The molecule has 2 heterocycles. The molecular weight excluding hydrogens is 358 g/mol. The van der Waals surface area contributed by atoms with Crippen LogP contribution in [-0.2, 0) is 4.74 Å². The smallest absolute Gasteiger partial charge is 0.404 e. The van der Waals surface area contributed by atoms with Crippen molar-refractivity contribution in [2.24, 2.45) is 27.2 Å². The number of hydrogen-bond donors (Lipinski definition) is 7. The quantitative estimate of drug-likeness (QED) is 0.155. The van der Waals surface area contributed by atoms with Crippen molar-refractivity contribution in [1.82, 2.24) is 10.4 Å². The summed E-state index contributed by atoms with van der Waals surface area (Å²) in [7, 11) is 0. The number of rotatable bonds is 5. The molecule has 0 aromatic rings. The Morgan fingerprint density at radius 3 is 2.59 bits per heavy atom. The number of primary amides is 1. The summed E-state index contributed by atoms with van der Waals surface area (Å²) in [6.45, 7) is 4.83. The highest BCUT2D eigenvalue weighted by molar-refractivity contribution is 5.83. The van der Waals surface area contributed by atoms with E-state index in [1.165, 1.54) is 6.92 Å². The van der Waals surface area contributed by atoms with Crippen LogP contribution in [0.15, 0.2) is 9.98 Å². The Morgan fingerprint density at radius 2 is 2.07 bits per heavy atom. The number of hydrogen-bond acceptors (Lipinski definition) is 9. The van der Waals surface area contributed by atoms with E-state index < -0.39 is 41.5 Å². The predicted octanol–water partition coefficient (Wildman–Crippen LogP) is -2.20. The molecule has 0 aromatic heterocycles. The largest absolute Gasteiger partial charge is 0.447 e. The number of guanidine groups is 2. The second-order valence-electron chi connectivity index (χ2n) is 7.22. The van der Waals surface area contributed by atoms with Crippen molar-refractivity contribution in [3.8, 4) is 0 Å². The summed E-state index contributed by atoms with van der Waals surface area (Å²) in [5.74, 6) is -0.252. The lowest BCUT2D eigenvalue weighted by atomic mass is 9.73. The van der Waals surface area contributed by atoms with Gasteiger partial charge in [-0.2, -0.15) is 0 Å². The first kappa shape index (κ1) is 21.0. The fourth-order valence-corrected chi connectivity index (χ4v) is 4.20. The van der Waals surface area contributed by atoms with Crippen molar-refractivity contribution in [1.29, 1.82) is 0 Å². The van der Waals surface area contributed by atoms with Crippen LogP contribution in [0, 0.1) is 0 Å². The third-order valence-corrected chi connectivity index (χ3v) is 5.66. The zero-order chi connectivity index (χ0) is 20.6. The van der Waals surface area contributed by atoms with E-state index in [0.29, 0.717) is 6.42 Å². The van der Waals surface area contributed by atoms with Gasteiger partial charge in [-0.25, -0.2) is 20.3 Å². The highest BCUT2D eigenvalue weighted by Crippen LogP contribution is 2.49. The van der Waals surface area contributed by atoms with Gasteiger partial charge in [-0.3, -0.25) is 5.21 Å². The van der Waals surface area contributed by atoms with Crippen LogP contribution in [-0.4, -0.2) is 80.3 Å². The van der Waals surface area contributed by atoms with Gasteiger partial charge >= 0.3 is 6.09 Å². The SMILES string of the molecule is CCCC1[C@H](O)[C@](C)(O)[C@]2(C)[C@@H](N=C(N)NO)[C@H](COC(N)=O)N=C(N)N12. The monoisotopic (exact) mass is 387 g/mol. The number of aliphatic imine (C=N–C) groups is 2. The van der Waals surface area contributed by atoms with E-state index in [1.54, 1.807) is 17.3 Å². The molecule has 1 amide bonds. The number of nitrogens with one attached hydrogen (secondary N) is 1. The molecule has 1 unspecified atom stereocenters. The highest BCUT2D eigenvalue weighted by atomic mass is 16.5. The zero-order valence-corrected chi connectivity index (χ0v) is 15.7. The molecule has 27 heavy (non-hydrogen) atoms. The van der Waals surface area contributed by atoms with Crippen LogP contribution in [0.1, 0.15) is 33.6 Å². The van der Waals surface area contributed by atoms with Crippen molar-refractivity contribution in [3.05, 3.63) is 0 Å². The lowest BCUT2D eigenvalue weighted by Crippen LogP contribution is -2.71. The highest BCUT2D eigenvalue weighted by Gasteiger charge is 2.69. The van der Waals surface area contributed by atoms with Crippen molar-refractivity contribution in [2.45, 2.75) is 69.0 Å². The van der Waals surface area contributed by atoms with Crippen LogP contribution in [0.5, 0.6) is 0 Å². The number of nitrogens with zero attached hydrogens (tertiary/aromatic N) is 3. The van der Waals surface area contributed by atoms with Crippen LogP contribution >= 0.6 is 0 Å². The van der Waals surface area contributed by atoms with Crippen molar-refractivity contribution in [3.63, 3.8) is 0 Å². The molecule has 1 fully saturated rings. The number of aliphatic hydroxyl groups is 2. The van der Waals surface area contributed by atoms with Gasteiger partial charge in [0.25, 0.3) is 0 Å². The summed E-state index contributed by atoms with van der Waals surface area (Å²) in [4.78, 5) is 21.2. The normalized spacial score (nSPS) is 39.0. The number of amides is 1. The number of nitrogens with two attached hydrogens (primary N) is 3. The number of hydroxylamine groups is 1. The van der Waals surface area contributed by atoms with Crippen LogP contribution in [0.2, 0.25) is 0 Å². The lowest BCUT2D eigenvalue weighted by Gasteiger charge is -2.51. The molecular formula is C15H29N7O5. The Labute approximate surface area is 157 Å². The third-order valence-electron chi connectivity index (χ3n) is 5.66. The van der Waals surface area contributed by atoms with Gasteiger partial charge < -0.3 is 37.1 Å². The molecule has 154 valence electrons. The number of carbonyl (C=O) groups is 1. The third kappa shape index (κ3) is 3.24. The molecule has 1 saturated heterocycles. The van der Waals surface area contributed by atoms with Crippen LogP contribution in [0.4, 0.5) is 4.79 Å². The number of ether oxygens (including phenoxy) is 1. The average molecular weight is 387 g/mol. The van der Waals surface area contributed by atoms with E-state index in [0.717, 1.165) is 6.42 Å². The second-order valence-corrected chi connectivity index (χ2v) is 7.22. The van der Waals surface area contributed by atoms with Gasteiger partial charge in [-0.15, -0.1) is 0 Å². The average Bonchev–Trinajstić information content (AvgIpc) is 2.74. The van der Waals surface area contributed by atoms with Gasteiger partial charge in [0.15, 0.2) is 5.96 Å². The van der Waals surface area contributed by atoms with Crippen molar-refractivity contribution in [2.75, 3.05) is 6.61 Å². The number of fused-ring (bicyclic) bond motifs is 1. The van der Waals surface area contributed by atoms with Crippen LogP contribution in [0.3, 0.4) is 0 Å². The summed E-state index contributed by atoms with van der Waals surface area (Å²) in [6, 6.07) is -2.27. The molecule has 0 saturated carbocycles. The molecule has 0 spiro atoms.